The minimum absolute atomic E-state index is 0.732. The van der Waals surface area contributed by atoms with Crippen LogP contribution in [0.4, 0.5) is 17.1 Å². The van der Waals surface area contributed by atoms with Crippen molar-refractivity contribution in [3.05, 3.63) is 54.4 Å². The molecule has 0 radical (unpaired) electrons. The van der Waals surface area contributed by atoms with Crippen molar-refractivity contribution in [2.45, 2.75) is 6.92 Å². The van der Waals surface area contributed by atoms with E-state index in [4.69, 9.17) is 10.5 Å². The number of nitrogens with two attached hydrogens (primary N) is 1. The normalized spacial score (nSPS) is 10.6. The van der Waals surface area contributed by atoms with Crippen LogP contribution in [-0.4, -0.2) is 12.1 Å². The van der Waals surface area contributed by atoms with Gasteiger partial charge in [0.25, 0.3) is 0 Å². The maximum absolute atomic E-state index is 6.00. The number of benzene rings is 2. The third-order valence-electron chi connectivity index (χ3n) is 3.55. The molecule has 106 valence electrons. The number of hydrogen-bond donors (Lipinski definition) is 2. The summed E-state index contributed by atoms with van der Waals surface area (Å²) in [7, 11) is 1.67. The van der Waals surface area contributed by atoms with Gasteiger partial charge in [-0.05, 0) is 48.9 Å². The van der Waals surface area contributed by atoms with Crippen molar-refractivity contribution in [2.24, 2.45) is 0 Å². The molecule has 0 atom stereocenters. The molecule has 0 fully saturated rings. The molecule has 1 aromatic heterocycles. The number of methoxy groups -OCH3 is 1. The first-order valence-corrected chi connectivity index (χ1v) is 6.73. The molecule has 0 saturated carbocycles. The Labute approximate surface area is 123 Å². The number of nitrogens with zero attached hydrogens (tertiary/aromatic N) is 1. The third-order valence-corrected chi connectivity index (χ3v) is 3.55. The fourth-order valence-electron chi connectivity index (χ4n) is 2.37. The van der Waals surface area contributed by atoms with Crippen molar-refractivity contribution in [3.8, 4) is 5.75 Å². The quantitative estimate of drug-likeness (QED) is 0.714. The Kier molecular flexibility index (Phi) is 3.36. The van der Waals surface area contributed by atoms with Gasteiger partial charge in [-0.2, -0.15) is 0 Å². The highest BCUT2D eigenvalue weighted by Crippen LogP contribution is 2.31. The first-order valence-electron chi connectivity index (χ1n) is 6.73. The zero-order valence-corrected chi connectivity index (χ0v) is 12.1. The number of hydrogen-bond acceptors (Lipinski definition) is 4. The largest absolute Gasteiger partial charge is 0.497 e. The van der Waals surface area contributed by atoms with E-state index in [0.29, 0.717) is 0 Å². The maximum atomic E-state index is 6.00. The minimum Gasteiger partial charge on any atom is -0.497 e. The number of rotatable bonds is 3. The highest BCUT2D eigenvalue weighted by Gasteiger charge is 2.06. The molecule has 0 aliphatic heterocycles. The number of aryl methyl sites for hydroxylation is 1. The average molecular weight is 279 g/mol. The van der Waals surface area contributed by atoms with Crippen LogP contribution in [-0.2, 0) is 0 Å². The molecule has 0 saturated heterocycles. The number of aromatic nitrogens is 1. The van der Waals surface area contributed by atoms with Crippen LogP contribution in [0.2, 0.25) is 0 Å². The summed E-state index contributed by atoms with van der Waals surface area (Å²) < 4.78 is 5.23. The lowest BCUT2D eigenvalue weighted by Gasteiger charge is -2.14. The molecule has 0 spiro atoms. The van der Waals surface area contributed by atoms with Crippen LogP contribution >= 0.6 is 0 Å². The summed E-state index contributed by atoms with van der Waals surface area (Å²) in [5, 5.41) is 5.46. The molecule has 0 aliphatic rings. The lowest BCUT2D eigenvalue weighted by Crippen LogP contribution is -1.97. The highest BCUT2D eigenvalue weighted by molar-refractivity contribution is 6.01. The number of ether oxygens (including phenoxy) is 1. The first kappa shape index (κ1) is 13.2. The van der Waals surface area contributed by atoms with Gasteiger partial charge >= 0.3 is 0 Å². The van der Waals surface area contributed by atoms with Crippen molar-refractivity contribution in [1.29, 1.82) is 0 Å². The molecule has 2 aromatic carbocycles. The number of fused-ring (bicyclic) bond motifs is 1. The summed E-state index contributed by atoms with van der Waals surface area (Å²) in [6.07, 6.45) is 3.56. The van der Waals surface area contributed by atoms with Gasteiger partial charge in [-0.3, -0.25) is 4.98 Å². The van der Waals surface area contributed by atoms with E-state index >= 15 is 0 Å². The summed E-state index contributed by atoms with van der Waals surface area (Å²) in [6, 6.07) is 11.8. The van der Waals surface area contributed by atoms with Crippen molar-refractivity contribution >= 4 is 27.8 Å². The molecule has 0 aliphatic carbocycles. The van der Waals surface area contributed by atoms with Crippen molar-refractivity contribution < 1.29 is 4.74 Å². The van der Waals surface area contributed by atoms with E-state index in [-0.39, 0.29) is 0 Å². The van der Waals surface area contributed by atoms with Gasteiger partial charge in [-0.15, -0.1) is 0 Å². The van der Waals surface area contributed by atoms with Gasteiger partial charge in [0.2, 0.25) is 0 Å². The summed E-state index contributed by atoms with van der Waals surface area (Å²) in [5.41, 5.74) is 9.90. The van der Waals surface area contributed by atoms with E-state index < -0.39 is 0 Å². The fraction of sp³-hybridized carbons (Fsp3) is 0.118. The number of anilines is 3. The van der Waals surface area contributed by atoms with Crippen LogP contribution in [0.25, 0.3) is 10.8 Å². The third kappa shape index (κ3) is 2.48. The second-order valence-corrected chi connectivity index (χ2v) is 4.93. The van der Waals surface area contributed by atoms with Gasteiger partial charge in [0.05, 0.1) is 7.11 Å². The van der Waals surface area contributed by atoms with Crippen molar-refractivity contribution in [1.82, 2.24) is 4.98 Å². The topological polar surface area (TPSA) is 60.2 Å². The Hall–Kier alpha value is -2.75. The number of pyridine rings is 1. The molecule has 3 rings (SSSR count). The average Bonchev–Trinajstić information content (AvgIpc) is 2.52. The summed E-state index contributed by atoms with van der Waals surface area (Å²) in [6.45, 7) is 2.05. The molecule has 0 amide bonds. The fourth-order valence-corrected chi connectivity index (χ4v) is 2.37. The summed E-state index contributed by atoms with van der Waals surface area (Å²) in [4.78, 5) is 4.14. The lowest BCUT2D eigenvalue weighted by molar-refractivity contribution is 0.414. The van der Waals surface area contributed by atoms with Crippen molar-refractivity contribution in [3.63, 3.8) is 0 Å². The van der Waals surface area contributed by atoms with E-state index in [0.717, 1.165) is 39.1 Å². The second-order valence-electron chi connectivity index (χ2n) is 4.93. The number of nitrogens with one attached hydrogen (secondary N) is 1. The first-order chi connectivity index (χ1) is 10.2. The Morgan fingerprint density at radius 2 is 1.86 bits per heavy atom. The van der Waals surface area contributed by atoms with E-state index in [2.05, 4.69) is 10.3 Å². The van der Waals surface area contributed by atoms with Crippen LogP contribution in [0.1, 0.15) is 5.56 Å². The SMILES string of the molecule is COc1ccc(Nc2ccc(N)c3cnccc23)c(C)c1. The Morgan fingerprint density at radius 1 is 1.05 bits per heavy atom. The second kappa shape index (κ2) is 5.32. The molecule has 0 bridgehead atoms. The van der Waals surface area contributed by atoms with Gasteiger partial charge in [-0.25, -0.2) is 0 Å². The Bertz CT molecular complexity index is 799. The van der Waals surface area contributed by atoms with Gasteiger partial charge in [-0.1, -0.05) is 0 Å². The van der Waals surface area contributed by atoms with Crippen molar-refractivity contribution in [2.75, 3.05) is 18.2 Å². The minimum atomic E-state index is 0.732. The van der Waals surface area contributed by atoms with E-state index in [1.807, 2.05) is 43.3 Å². The predicted molar refractivity (Wildman–Crippen MR) is 87.2 cm³/mol. The highest BCUT2D eigenvalue weighted by atomic mass is 16.5. The molecule has 21 heavy (non-hydrogen) atoms. The smallest absolute Gasteiger partial charge is 0.119 e. The van der Waals surface area contributed by atoms with E-state index in [1.54, 1.807) is 19.5 Å². The van der Waals surface area contributed by atoms with Crippen LogP contribution < -0.4 is 15.8 Å². The van der Waals surface area contributed by atoms with E-state index in [9.17, 15) is 0 Å². The Morgan fingerprint density at radius 3 is 2.62 bits per heavy atom. The number of nitrogen functional groups attached to an aromatic ring is 1. The van der Waals surface area contributed by atoms with Gasteiger partial charge in [0.15, 0.2) is 0 Å². The van der Waals surface area contributed by atoms with Crippen LogP contribution in [0.5, 0.6) is 5.75 Å². The molecular formula is C17H17N3O. The molecular weight excluding hydrogens is 262 g/mol. The van der Waals surface area contributed by atoms with Gasteiger partial charge in [0, 0.05) is 40.2 Å². The molecule has 4 nitrogen and oxygen atoms in total. The molecule has 4 heteroatoms. The summed E-state index contributed by atoms with van der Waals surface area (Å²) >= 11 is 0. The molecule has 3 aromatic rings. The zero-order valence-electron chi connectivity index (χ0n) is 12.1. The van der Waals surface area contributed by atoms with Crippen LogP contribution in [0.3, 0.4) is 0 Å². The van der Waals surface area contributed by atoms with Gasteiger partial charge < -0.3 is 15.8 Å². The molecule has 3 N–H and O–H groups in total. The molecule has 1 heterocycles. The Balaban J connectivity index is 2.04. The van der Waals surface area contributed by atoms with E-state index in [1.165, 1.54) is 0 Å². The predicted octanol–water partition coefficient (Wildman–Crippen LogP) is 3.88. The van der Waals surface area contributed by atoms with Crippen LogP contribution in [0.15, 0.2) is 48.8 Å². The van der Waals surface area contributed by atoms with Gasteiger partial charge in [0.1, 0.15) is 5.75 Å². The van der Waals surface area contributed by atoms with Crippen LogP contribution in [0, 0.1) is 6.92 Å². The standard InChI is InChI=1S/C17H17N3O/c1-11-9-12(21-2)3-5-16(11)20-17-6-4-15(18)14-10-19-8-7-13(14)17/h3-10,20H,18H2,1-2H3. The zero-order chi connectivity index (χ0) is 14.8. The summed E-state index contributed by atoms with van der Waals surface area (Å²) in [5.74, 6) is 0.851. The maximum Gasteiger partial charge on any atom is 0.119 e. The lowest BCUT2D eigenvalue weighted by atomic mass is 10.1. The molecule has 0 unspecified atom stereocenters. The monoisotopic (exact) mass is 279 g/mol.